The van der Waals surface area contributed by atoms with Crippen LogP contribution in [0.5, 0.6) is 0 Å². The fourth-order valence-electron chi connectivity index (χ4n) is 3.76. The molecule has 3 aromatic heterocycles. The molecule has 0 bridgehead atoms. The van der Waals surface area contributed by atoms with Crippen molar-refractivity contribution in [2.75, 3.05) is 5.32 Å². The number of anilines is 2. The van der Waals surface area contributed by atoms with Crippen LogP contribution < -0.4 is 10.9 Å². The normalized spacial score (nSPS) is 11.8. The van der Waals surface area contributed by atoms with Gasteiger partial charge in [0.1, 0.15) is 11.4 Å². The summed E-state index contributed by atoms with van der Waals surface area (Å²) in [5, 5.41) is 4.34. The molecule has 0 aliphatic carbocycles. The van der Waals surface area contributed by atoms with E-state index in [0.717, 1.165) is 0 Å². The van der Waals surface area contributed by atoms with E-state index in [2.05, 4.69) is 15.3 Å². The molecule has 0 saturated carbocycles. The van der Waals surface area contributed by atoms with Gasteiger partial charge in [0.2, 0.25) is 0 Å². The van der Waals surface area contributed by atoms with Gasteiger partial charge >= 0.3 is 6.09 Å². The van der Waals surface area contributed by atoms with Crippen LogP contribution in [0.3, 0.4) is 0 Å². The average Bonchev–Trinajstić information content (AvgIpc) is 3.20. The van der Waals surface area contributed by atoms with E-state index < -0.39 is 23.1 Å². The van der Waals surface area contributed by atoms with Crippen LogP contribution in [-0.2, 0) is 4.74 Å². The van der Waals surface area contributed by atoms with E-state index in [0.29, 0.717) is 33.1 Å². The van der Waals surface area contributed by atoms with Crippen molar-refractivity contribution in [2.45, 2.75) is 46.1 Å². The molecular weight excluding hydrogens is 471 g/mol. The highest BCUT2D eigenvalue weighted by atomic mass is 35.5. The molecule has 182 valence electrons. The van der Waals surface area contributed by atoms with Crippen molar-refractivity contribution in [2.24, 2.45) is 0 Å². The average molecular weight is 497 g/mol. The zero-order chi connectivity index (χ0) is 25.5. The second-order valence-corrected chi connectivity index (χ2v) is 9.94. The van der Waals surface area contributed by atoms with Gasteiger partial charge in [-0.05, 0) is 63.1 Å². The number of ether oxygens (including phenoxy) is 1. The highest BCUT2D eigenvalue weighted by Crippen LogP contribution is 2.33. The van der Waals surface area contributed by atoms with E-state index in [1.165, 1.54) is 22.8 Å². The Morgan fingerprint density at radius 3 is 2.57 bits per heavy atom. The number of hydrogen-bond acceptors (Lipinski definition) is 5. The summed E-state index contributed by atoms with van der Waals surface area (Å²) >= 11 is 6.06. The summed E-state index contributed by atoms with van der Waals surface area (Å²) in [7, 11) is 0. The molecule has 1 aromatic carbocycles. The number of aromatic nitrogens is 3. The number of nitrogens with one attached hydrogen (secondary N) is 2. The van der Waals surface area contributed by atoms with Gasteiger partial charge < -0.3 is 15.0 Å². The predicted octanol–water partition coefficient (Wildman–Crippen LogP) is 6.83. The number of hydrogen-bond donors (Lipinski definition) is 2. The van der Waals surface area contributed by atoms with Crippen molar-refractivity contribution in [1.29, 1.82) is 0 Å². The fourth-order valence-corrected chi connectivity index (χ4v) is 3.93. The van der Waals surface area contributed by atoms with Gasteiger partial charge in [0.15, 0.2) is 5.65 Å². The first kappa shape index (κ1) is 24.5. The molecule has 0 atom stereocenters. The van der Waals surface area contributed by atoms with Gasteiger partial charge in [-0.15, -0.1) is 0 Å². The Hall–Kier alpha value is -3.65. The molecule has 2 N–H and O–H groups in total. The third kappa shape index (κ3) is 5.07. The number of fused-ring (bicyclic) bond motifs is 1. The van der Waals surface area contributed by atoms with Crippen molar-refractivity contribution in [1.82, 2.24) is 14.5 Å². The largest absolute Gasteiger partial charge is 0.443 e. The highest BCUT2D eigenvalue weighted by Gasteiger charge is 2.21. The number of rotatable bonds is 4. The molecule has 0 radical (unpaired) electrons. The number of carbonyl (C=O) groups excluding carboxylic acids is 1. The van der Waals surface area contributed by atoms with Crippen LogP contribution in [0.15, 0.2) is 53.6 Å². The molecule has 0 aliphatic heterocycles. The molecule has 7 nitrogen and oxygen atoms in total. The SMILES string of the molecule is CC(C)c1[nH]c(=O)c(-c2cc(Cl)ccc2F)cc1Nc1ccnc2c1ccn2C(=O)OC(C)(C)C. The lowest BCUT2D eigenvalue weighted by molar-refractivity contribution is 0.0543. The maximum Gasteiger partial charge on any atom is 0.420 e. The third-order valence-corrected chi connectivity index (χ3v) is 5.55. The number of H-pyrrole nitrogens is 1. The summed E-state index contributed by atoms with van der Waals surface area (Å²) in [6.07, 6.45) is 2.63. The van der Waals surface area contributed by atoms with Crippen LogP contribution in [0.2, 0.25) is 5.02 Å². The second-order valence-electron chi connectivity index (χ2n) is 9.51. The number of carbonyl (C=O) groups is 1. The van der Waals surface area contributed by atoms with Gasteiger partial charge in [0, 0.05) is 34.1 Å². The van der Waals surface area contributed by atoms with Gasteiger partial charge in [-0.25, -0.2) is 18.7 Å². The number of pyridine rings is 2. The minimum Gasteiger partial charge on any atom is -0.443 e. The Balaban J connectivity index is 1.81. The van der Waals surface area contributed by atoms with Crippen LogP contribution in [0, 0.1) is 5.82 Å². The summed E-state index contributed by atoms with van der Waals surface area (Å²) in [6.45, 7) is 9.26. The lowest BCUT2D eigenvalue weighted by atomic mass is 10.0. The quantitative estimate of drug-likeness (QED) is 0.323. The zero-order valence-electron chi connectivity index (χ0n) is 20.1. The first-order valence-electron chi connectivity index (χ1n) is 11.1. The number of nitrogens with zero attached hydrogens (tertiary/aromatic N) is 2. The smallest absolute Gasteiger partial charge is 0.420 e. The predicted molar refractivity (Wildman–Crippen MR) is 136 cm³/mol. The topological polar surface area (TPSA) is 89.0 Å². The minimum absolute atomic E-state index is 0.0350. The number of benzene rings is 1. The van der Waals surface area contributed by atoms with Gasteiger partial charge in [-0.1, -0.05) is 25.4 Å². The fraction of sp³-hybridized carbons (Fsp3) is 0.269. The summed E-state index contributed by atoms with van der Waals surface area (Å²) in [6, 6.07) is 9.21. The molecule has 0 aliphatic rings. The molecule has 4 rings (SSSR count). The minimum atomic E-state index is -0.655. The van der Waals surface area contributed by atoms with Crippen molar-refractivity contribution in [3.05, 3.63) is 75.7 Å². The van der Waals surface area contributed by atoms with E-state index in [1.54, 1.807) is 51.4 Å². The molecule has 0 saturated heterocycles. The highest BCUT2D eigenvalue weighted by molar-refractivity contribution is 6.30. The standard InChI is InChI=1S/C26H26ClFN4O3/c1-14(2)22-21(13-18(24(33)31-22)17-12-15(27)6-7-19(17)28)30-20-8-10-29-23-16(20)9-11-32(23)25(34)35-26(3,4)5/h6-14H,1-5H3,(H,29,30)(H,31,33). The Morgan fingerprint density at radius 2 is 1.89 bits per heavy atom. The van der Waals surface area contributed by atoms with Gasteiger partial charge in [-0.2, -0.15) is 0 Å². The summed E-state index contributed by atoms with van der Waals surface area (Å²) < 4.78 is 21.4. The van der Waals surface area contributed by atoms with Crippen LogP contribution in [-0.4, -0.2) is 26.2 Å². The van der Waals surface area contributed by atoms with Gasteiger partial charge in [-0.3, -0.25) is 4.79 Å². The Morgan fingerprint density at radius 1 is 1.14 bits per heavy atom. The summed E-state index contributed by atoms with van der Waals surface area (Å²) in [4.78, 5) is 32.7. The number of aromatic amines is 1. The van der Waals surface area contributed by atoms with Crippen LogP contribution in [0.4, 0.5) is 20.6 Å². The third-order valence-electron chi connectivity index (χ3n) is 5.31. The zero-order valence-corrected chi connectivity index (χ0v) is 20.8. The molecule has 3 heterocycles. The van der Waals surface area contributed by atoms with Crippen molar-refractivity contribution in [3.63, 3.8) is 0 Å². The van der Waals surface area contributed by atoms with Crippen molar-refractivity contribution >= 4 is 40.1 Å². The first-order valence-corrected chi connectivity index (χ1v) is 11.5. The lowest BCUT2D eigenvalue weighted by Crippen LogP contribution is -2.26. The van der Waals surface area contributed by atoms with E-state index >= 15 is 0 Å². The molecule has 0 unspecified atom stereocenters. The molecular formula is C26H26ClFN4O3. The van der Waals surface area contributed by atoms with Crippen LogP contribution in [0.1, 0.15) is 46.2 Å². The molecule has 4 aromatic rings. The van der Waals surface area contributed by atoms with Gasteiger partial charge in [0.25, 0.3) is 5.56 Å². The Labute approximate surface area is 206 Å². The van der Waals surface area contributed by atoms with Crippen LogP contribution in [0.25, 0.3) is 22.2 Å². The summed E-state index contributed by atoms with van der Waals surface area (Å²) in [5.41, 5.74) is 1.49. The first-order chi connectivity index (χ1) is 16.4. The molecule has 35 heavy (non-hydrogen) atoms. The maximum atomic E-state index is 14.6. The number of halogens is 2. The monoisotopic (exact) mass is 496 g/mol. The van der Waals surface area contributed by atoms with Crippen molar-refractivity contribution in [3.8, 4) is 11.1 Å². The molecule has 9 heteroatoms. The molecule has 0 amide bonds. The molecule has 0 fully saturated rings. The van der Waals surface area contributed by atoms with Gasteiger partial charge in [0.05, 0.1) is 16.9 Å². The van der Waals surface area contributed by atoms with Crippen molar-refractivity contribution < 1.29 is 13.9 Å². The van der Waals surface area contributed by atoms with E-state index in [1.807, 2.05) is 13.8 Å². The van der Waals surface area contributed by atoms with E-state index in [-0.39, 0.29) is 17.0 Å². The Bertz CT molecular complexity index is 1480. The second kappa shape index (κ2) is 9.19. The Kier molecular flexibility index (Phi) is 6.42. The molecule has 0 spiro atoms. The maximum absolute atomic E-state index is 14.6. The van der Waals surface area contributed by atoms with Crippen LogP contribution >= 0.6 is 11.6 Å². The van der Waals surface area contributed by atoms with E-state index in [4.69, 9.17) is 16.3 Å². The van der Waals surface area contributed by atoms with E-state index in [9.17, 15) is 14.0 Å². The summed E-state index contributed by atoms with van der Waals surface area (Å²) in [5.74, 6) is -0.587. The lowest BCUT2D eigenvalue weighted by Gasteiger charge is -2.19.